The molecule has 7 aromatic carbocycles. The third-order valence-electron chi connectivity index (χ3n) is 17.5. The summed E-state index contributed by atoms with van der Waals surface area (Å²) in [4.78, 5) is 0. The zero-order valence-corrected chi connectivity index (χ0v) is 44.5. The molecule has 71 heavy (non-hydrogen) atoms. The van der Waals surface area contributed by atoms with Crippen LogP contribution in [0.1, 0.15) is 196 Å². The summed E-state index contributed by atoms with van der Waals surface area (Å²) in [7, 11) is 0. The van der Waals surface area contributed by atoms with Crippen LogP contribution in [0.4, 0.5) is 0 Å². The van der Waals surface area contributed by atoms with E-state index in [4.69, 9.17) is 0 Å². The van der Waals surface area contributed by atoms with Gasteiger partial charge in [-0.05, 0) is 192 Å². The lowest BCUT2D eigenvalue weighted by Gasteiger charge is -2.20. The quantitative estimate of drug-likeness (QED) is 0.101. The molecule has 3 heterocycles. The van der Waals surface area contributed by atoms with Crippen LogP contribution in [0.5, 0.6) is 0 Å². The van der Waals surface area contributed by atoms with Crippen molar-refractivity contribution in [1.29, 1.82) is 5.26 Å². The van der Waals surface area contributed by atoms with Crippen LogP contribution in [-0.4, -0.2) is 13.7 Å². The fraction of sp³-hybridized carbons (Fsp3) is 0.358. The number of rotatable bonds is 15. The van der Waals surface area contributed by atoms with Gasteiger partial charge in [0.05, 0.1) is 50.2 Å². The lowest BCUT2D eigenvalue weighted by Crippen LogP contribution is -2.07. The van der Waals surface area contributed by atoms with E-state index in [-0.39, 0.29) is 0 Å². The summed E-state index contributed by atoms with van der Waals surface area (Å²) in [6, 6.07) is 50.2. The van der Waals surface area contributed by atoms with Gasteiger partial charge in [-0.1, -0.05) is 119 Å². The number of aromatic nitrogens is 3. The van der Waals surface area contributed by atoms with Crippen LogP contribution in [0.15, 0.2) is 121 Å². The smallest absolute Gasteiger partial charge is 0.104 e. The normalized spacial score (nSPS) is 14.7. The van der Waals surface area contributed by atoms with Crippen LogP contribution < -0.4 is 0 Å². The first-order chi connectivity index (χ1) is 34.4. The first-order valence-corrected chi connectivity index (χ1v) is 27.2. The van der Waals surface area contributed by atoms with Crippen LogP contribution in [0.25, 0.3) is 82.5 Å². The predicted octanol–water partition coefficient (Wildman–Crippen LogP) is 19.9. The van der Waals surface area contributed by atoms with Gasteiger partial charge in [0.25, 0.3) is 0 Å². The zero-order valence-electron chi connectivity index (χ0n) is 44.5. The Morgan fingerprint density at radius 3 is 0.732 bits per heavy atom. The van der Waals surface area contributed by atoms with E-state index in [1.165, 1.54) is 76.7 Å². The molecule has 0 fully saturated rings. The van der Waals surface area contributed by atoms with Gasteiger partial charge < -0.3 is 13.7 Å². The molecule has 10 aromatic rings. The van der Waals surface area contributed by atoms with Gasteiger partial charge in [0, 0.05) is 32.3 Å². The highest BCUT2D eigenvalue weighted by Gasteiger charge is 2.26. The molecule has 0 saturated carbocycles. The maximum atomic E-state index is 12.0. The van der Waals surface area contributed by atoms with Gasteiger partial charge in [0.15, 0.2) is 0 Å². The van der Waals surface area contributed by atoms with Crippen molar-refractivity contribution < 1.29 is 0 Å². The summed E-state index contributed by atoms with van der Waals surface area (Å²) in [6.45, 7) is 27.7. The van der Waals surface area contributed by atoms with Crippen LogP contribution in [0.3, 0.4) is 0 Å². The Hall–Kier alpha value is -6.57. The van der Waals surface area contributed by atoms with Crippen molar-refractivity contribution >= 4 is 65.4 Å². The van der Waals surface area contributed by atoms with Crippen molar-refractivity contribution in [2.75, 3.05) is 0 Å². The fourth-order valence-electron chi connectivity index (χ4n) is 11.4. The first kappa shape index (κ1) is 48.1. The minimum absolute atomic E-state index is 0.425. The van der Waals surface area contributed by atoms with E-state index in [1.54, 1.807) is 0 Å². The second-order valence-electron chi connectivity index (χ2n) is 21.5. The van der Waals surface area contributed by atoms with Gasteiger partial charge in [-0.15, -0.1) is 0 Å². The molecule has 6 atom stereocenters. The predicted molar refractivity (Wildman–Crippen MR) is 306 cm³/mol. The number of fused-ring (bicyclic) bond motifs is 9. The van der Waals surface area contributed by atoms with Gasteiger partial charge in [-0.3, -0.25) is 0 Å². The SMILES string of the molecule is CCC(C)c1ccc2c(c1)c1cc(C(C)CC)ccc1n2-c1cc(-n2c3ccc(C(C)CC)cc3c3cc(C(C)CC)ccc32)c(C#N)c(-n2c3ccc(C(C)CC)cc3c3cc(C(C)CC)ccc32)c1. The van der Waals surface area contributed by atoms with Crippen molar-refractivity contribution in [1.82, 2.24) is 13.7 Å². The van der Waals surface area contributed by atoms with Crippen molar-refractivity contribution in [3.8, 4) is 23.1 Å². The second kappa shape index (κ2) is 19.2. The summed E-state index contributed by atoms with van der Waals surface area (Å²) in [5, 5.41) is 19.5. The molecule has 4 heteroatoms. The molecule has 0 amide bonds. The van der Waals surface area contributed by atoms with Crippen molar-refractivity contribution in [2.45, 2.75) is 157 Å². The third-order valence-corrected chi connectivity index (χ3v) is 17.5. The summed E-state index contributed by atoms with van der Waals surface area (Å²) < 4.78 is 7.33. The van der Waals surface area contributed by atoms with Crippen molar-refractivity contribution in [3.63, 3.8) is 0 Å². The Balaban J connectivity index is 1.39. The highest BCUT2D eigenvalue weighted by atomic mass is 15.0. The summed E-state index contributed by atoms with van der Waals surface area (Å²) >= 11 is 0. The van der Waals surface area contributed by atoms with E-state index >= 15 is 0 Å². The number of hydrogen-bond donors (Lipinski definition) is 0. The first-order valence-electron chi connectivity index (χ1n) is 27.2. The minimum Gasteiger partial charge on any atom is -0.309 e. The lowest BCUT2D eigenvalue weighted by atomic mass is 9.95. The Morgan fingerprint density at radius 2 is 0.535 bits per heavy atom. The van der Waals surface area contributed by atoms with E-state index in [1.807, 2.05) is 0 Å². The number of benzene rings is 7. The molecule has 6 unspecified atom stereocenters. The maximum Gasteiger partial charge on any atom is 0.104 e. The number of hydrogen-bond acceptors (Lipinski definition) is 1. The average Bonchev–Trinajstić information content (AvgIpc) is 4.04. The summed E-state index contributed by atoms with van der Waals surface area (Å²) in [6.07, 6.45) is 6.44. The summed E-state index contributed by atoms with van der Waals surface area (Å²) in [5.74, 6) is 2.58. The molecule has 3 aromatic heterocycles. The van der Waals surface area contributed by atoms with E-state index in [2.05, 4.69) is 224 Å². The Bertz CT molecular complexity index is 3330. The molecule has 0 spiro atoms. The fourth-order valence-corrected chi connectivity index (χ4v) is 11.4. The Morgan fingerprint density at radius 1 is 0.324 bits per heavy atom. The Kier molecular flexibility index (Phi) is 13.0. The van der Waals surface area contributed by atoms with Crippen molar-refractivity contribution in [2.24, 2.45) is 0 Å². The van der Waals surface area contributed by atoms with Gasteiger partial charge in [0.1, 0.15) is 11.6 Å². The zero-order chi connectivity index (χ0) is 50.0. The summed E-state index contributed by atoms with van der Waals surface area (Å²) in [5.41, 5.74) is 18.4. The van der Waals surface area contributed by atoms with Crippen LogP contribution in [0.2, 0.25) is 0 Å². The molecule has 0 aliphatic rings. The Labute approximate surface area is 422 Å². The molecule has 10 rings (SSSR count). The van der Waals surface area contributed by atoms with Gasteiger partial charge >= 0.3 is 0 Å². The van der Waals surface area contributed by atoms with E-state index in [9.17, 15) is 5.26 Å². The van der Waals surface area contributed by atoms with Gasteiger partial charge in [0.2, 0.25) is 0 Å². The molecule has 362 valence electrons. The molecule has 0 bridgehead atoms. The topological polar surface area (TPSA) is 38.6 Å². The number of nitrogens with zero attached hydrogens (tertiary/aromatic N) is 4. The molecular weight excluding hydrogens is 861 g/mol. The third kappa shape index (κ3) is 7.96. The molecule has 0 radical (unpaired) electrons. The molecule has 0 aliphatic carbocycles. The molecule has 4 nitrogen and oxygen atoms in total. The van der Waals surface area contributed by atoms with E-state index < -0.39 is 0 Å². The lowest BCUT2D eigenvalue weighted by molar-refractivity contribution is 0.734. The second-order valence-corrected chi connectivity index (χ2v) is 21.5. The minimum atomic E-state index is 0.425. The maximum absolute atomic E-state index is 12.0. The van der Waals surface area contributed by atoms with Crippen LogP contribution in [-0.2, 0) is 0 Å². The largest absolute Gasteiger partial charge is 0.309 e. The van der Waals surface area contributed by atoms with E-state index in [0.29, 0.717) is 41.1 Å². The highest BCUT2D eigenvalue weighted by Crippen LogP contribution is 2.44. The molecular formula is C67H74N4. The monoisotopic (exact) mass is 935 g/mol. The van der Waals surface area contributed by atoms with Gasteiger partial charge in [-0.25, -0.2) is 0 Å². The van der Waals surface area contributed by atoms with Crippen LogP contribution in [0, 0.1) is 11.3 Å². The molecule has 0 N–H and O–H groups in total. The highest BCUT2D eigenvalue weighted by molar-refractivity contribution is 6.13. The number of nitriles is 1. The standard InChI is InChI=1S/C67H74N4/c1-13-40(7)46-19-25-60-53(31-46)54-32-47(41(8)14-2)20-26-61(54)69(60)52-37-66(70-62-27-21-48(42(9)15-3)33-55(62)56-34-49(43(10)16-4)22-28-63(56)70)59(39-68)67(38-52)71-64-29-23-50(44(11)17-5)35-57(64)58-36-51(45(12)18-6)24-30-65(58)71/h19-38,40-45H,13-18H2,1-12H3. The van der Waals surface area contributed by atoms with Crippen LogP contribution >= 0.6 is 0 Å². The average molecular weight is 935 g/mol. The van der Waals surface area contributed by atoms with E-state index in [0.717, 1.165) is 77.7 Å². The van der Waals surface area contributed by atoms with Gasteiger partial charge in [-0.2, -0.15) is 5.26 Å². The molecule has 0 aliphatic heterocycles. The molecule has 0 saturated heterocycles. The van der Waals surface area contributed by atoms with Crippen molar-refractivity contribution in [3.05, 3.63) is 160 Å².